The van der Waals surface area contributed by atoms with Gasteiger partial charge in [0.25, 0.3) is 5.91 Å². The summed E-state index contributed by atoms with van der Waals surface area (Å²) in [5.41, 5.74) is 1.46. The van der Waals surface area contributed by atoms with E-state index in [9.17, 15) is 23.2 Å². The molecule has 0 saturated heterocycles. The molecule has 4 rings (SSSR count). The number of methoxy groups -OCH3 is 1. The molecule has 0 radical (unpaired) electrons. The molecular formula is C27H32F2N2O5Si. The second kappa shape index (κ2) is 10.2. The Labute approximate surface area is 215 Å². The zero-order valence-electron chi connectivity index (χ0n) is 21.4. The first-order chi connectivity index (χ1) is 17.4. The Balaban J connectivity index is 1.62. The first-order valence-corrected chi connectivity index (χ1v) is 15.9. The van der Waals surface area contributed by atoms with Crippen molar-refractivity contribution in [2.24, 2.45) is 11.8 Å². The molecule has 1 aliphatic carbocycles. The largest absolute Gasteiger partial charge is 0.497 e. The predicted molar refractivity (Wildman–Crippen MR) is 138 cm³/mol. The smallest absolute Gasteiger partial charge is 0.303 e. The van der Waals surface area contributed by atoms with Gasteiger partial charge < -0.3 is 20.1 Å². The molecule has 1 unspecified atom stereocenters. The molecule has 1 fully saturated rings. The number of anilines is 1. The van der Waals surface area contributed by atoms with Gasteiger partial charge in [0, 0.05) is 29.8 Å². The number of aliphatic carboxylic acids is 1. The number of hydrogen-bond donors (Lipinski definition) is 2. The maximum atomic E-state index is 14.8. The molecule has 2 N–H and O–H groups in total. The lowest BCUT2D eigenvalue weighted by Gasteiger charge is -2.42. The molecule has 2 aromatic rings. The Morgan fingerprint density at radius 1 is 1.11 bits per heavy atom. The van der Waals surface area contributed by atoms with Crippen LogP contribution in [0.15, 0.2) is 30.3 Å². The fraction of sp³-hybridized carbons (Fsp3) is 0.444. The van der Waals surface area contributed by atoms with Gasteiger partial charge in [0.15, 0.2) is 0 Å². The summed E-state index contributed by atoms with van der Waals surface area (Å²) >= 11 is 0. The lowest BCUT2D eigenvalue weighted by molar-refractivity contribution is -0.149. The van der Waals surface area contributed by atoms with E-state index in [4.69, 9.17) is 9.84 Å². The fourth-order valence-electron chi connectivity index (χ4n) is 5.41. The van der Waals surface area contributed by atoms with E-state index in [0.717, 1.165) is 17.7 Å². The van der Waals surface area contributed by atoms with Crippen LogP contribution in [0.25, 0.3) is 0 Å². The van der Waals surface area contributed by atoms with Gasteiger partial charge in [-0.2, -0.15) is 0 Å². The fourth-order valence-corrected chi connectivity index (χ4v) is 6.99. The van der Waals surface area contributed by atoms with Crippen LogP contribution in [-0.4, -0.2) is 49.5 Å². The molecule has 1 aliphatic heterocycles. The van der Waals surface area contributed by atoms with Gasteiger partial charge >= 0.3 is 5.97 Å². The van der Waals surface area contributed by atoms with Crippen LogP contribution in [0.5, 0.6) is 5.75 Å². The van der Waals surface area contributed by atoms with Crippen molar-refractivity contribution in [1.82, 2.24) is 4.90 Å². The van der Waals surface area contributed by atoms with Crippen LogP contribution >= 0.6 is 0 Å². The number of carboxylic acids is 1. The summed E-state index contributed by atoms with van der Waals surface area (Å²) in [4.78, 5) is 39.5. The second-order valence-electron chi connectivity index (χ2n) is 10.9. The van der Waals surface area contributed by atoms with E-state index >= 15 is 0 Å². The lowest BCUT2D eigenvalue weighted by atomic mass is 9.72. The number of rotatable bonds is 7. The SMILES string of the molecule is COc1ccc2c(c1)CCN(C(=O)[C@H]1C[C@@H](CC(=O)O)C1)C2C(=O)Nc1cc(F)c([Si](C)(C)C)c(F)c1. The highest BCUT2D eigenvalue weighted by Crippen LogP contribution is 2.41. The summed E-state index contributed by atoms with van der Waals surface area (Å²) in [6.45, 7) is 5.80. The predicted octanol–water partition coefficient (Wildman–Crippen LogP) is 4.08. The van der Waals surface area contributed by atoms with Gasteiger partial charge in [0.1, 0.15) is 23.4 Å². The number of fused-ring (bicyclic) bond motifs is 1. The summed E-state index contributed by atoms with van der Waals surface area (Å²) in [7, 11) is -0.747. The van der Waals surface area contributed by atoms with Crippen molar-refractivity contribution >= 4 is 36.7 Å². The first kappa shape index (κ1) is 26.8. The van der Waals surface area contributed by atoms with Gasteiger partial charge in [-0.25, -0.2) is 8.78 Å². The molecule has 1 saturated carbocycles. The standard InChI is InChI=1S/C27H32F2N2O5Si/c1-36-19-5-6-20-16(12-19)7-8-31(27(35)17-9-15(10-17)11-23(32)33)24(20)26(34)30-18-13-21(28)25(22(29)14-18)37(2,3)4/h5-6,12-15,17,24H,7-11H2,1-4H3,(H,30,34)(H,32,33)/t15-,17+,24?. The third-order valence-corrected chi connectivity index (χ3v) is 9.20. The van der Waals surface area contributed by atoms with Gasteiger partial charge in [0.2, 0.25) is 5.91 Å². The van der Waals surface area contributed by atoms with E-state index in [1.54, 1.807) is 19.2 Å². The van der Waals surface area contributed by atoms with E-state index < -0.39 is 37.6 Å². The maximum Gasteiger partial charge on any atom is 0.303 e. The van der Waals surface area contributed by atoms with Crippen LogP contribution in [0.2, 0.25) is 19.6 Å². The molecule has 0 spiro atoms. The van der Waals surface area contributed by atoms with Gasteiger partial charge in [-0.05, 0) is 60.6 Å². The van der Waals surface area contributed by atoms with Crippen molar-refractivity contribution in [2.75, 3.05) is 19.0 Å². The first-order valence-electron chi connectivity index (χ1n) is 12.4. The average Bonchev–Trinajstić information content (AvgIpc) is 2.77. The number of carbonyl (C=O) groups excluding carboxylic acids is 2. The normalized spacial score (nSPS) is 21.0. The van der Waals surface area contributed by atoms with Crippen molar-refractivity contribution < 1.29 is 33.0 Å². The molecule has 10 heteroatoms. The maximum absolute atomic E-state index is 14.8. The minimum absolute atomic E-state index is 0.0137. The summed E-state index contributed by atoms with van der Waals surface area (Å²) in [6, 6.07) is 6.53. The van der Waals surface area contributed by atoms with E-state index in [2.05, 4.69) is 5.32 Å². The summed E-state index contributed by atoms with van der Waals surface area (Å²) in [5.74, 6) is -2.87. The quantitative estimate of drug-likeness (QED) is 0.526. The zero-order valence-corrected chi connectivity index (χ0v) is 22.4. The Bertz CT molecular complexity index is 1220. The van der Waals surface area contributed by atoms with Crippen molar-refractivity contribution in [3.05, 3.63) is 53.1 Å². The molecule has 1 heterocycles. The highest BCUT2D eigenvalue weighted by atomic mass is 28.3. The highest BCUT2D eigenvalue weighted by Gasteiger charge is 2.43. The molecule has 1 atom stereocenters. The average molecular weight is 531 g/mol. The Morgan fingerprint density at radius 2 is 1.76 bits per heavy atom. The number of nitrogens with one attached hydrogen (secondary N) is 1. The number of hydrogen-bond acceptors (Lipinski definition) is 4. The Kier molecular flexibility index (Phi) is 7.41. The summed E-state index contributed by atoms with van der Waals surface area (Å²) in [6.07, 6.45) is 1.45. The zero-order chi connectivity index (χ0) is 27.1. The number of carboxylic acid groups (broad SMARTS) is 1. The third kappa shape index (κ3) is 5.53. The molecule has 2 aromatic carbocycles. The monoisotopic (exact) mass is 530 g/mol. The van der Waals surface area contributed by atoms with Crippen LogP contribution < -0.4 is 15.2 Å². The summed E-state index contributed by atoms with van der Waals surface area (Å²) < 4.78 is 35.0. The van der Waals surface area contributed by atoms with Crippen LogP contribution in [-0.2, 0) is 20.8 Å². The van der Waals surface area contributed by atoms with Gasteiger partial charge in [-0.3, -0.25) is 14.4 Å². The van der Waals surface area contributed by atoms with Gasteiger partial charge in [-0.15, -0.1) is 0 Å². The summed E-state index contributed by atoms with van der Waals surface area (Å²) in [5, 5.41) is 11.7. The molecular weight excluding hydrogens is 498 g/mol. The van der Waals surface area contributed by atoms with E-state index in [1.807, 2.05) is 25.7 Å². The molecule has 37 heavy (non-hydrogen) atoms. The number of benzene rings is 2. The van der Waals surface area contributed by atoms with E-state index in [1.165, 1.54) is 4.90 Å². The molecule has 0 bridgehead atoms. The second-order valence-corrected chi connectivity index (χ2v) is 15.9. The number of halogens is 2. The van der Waals surface area contributed by atoms with Crippen LogP contribution in [0, 0.1) is 23.5 Å². The third-order valence-electron chi connectivity index (χ3n) is 7.22. The molecule has 198 valence electrons. The number of amides is 2. The van der Waals surface area contributed by atoms with E-state index in [0.29, 0.717) is 30.6 Å². The van der Waals surface area contributed by atoms with Crippen molar-refractivity contribution in [3.8, 4) is 5.75 Å². The number of carbonyl (C=O) groups is 3. The number of ether oxygens (including phenoxy) is 1. The van der Waals surface area contributed by atoms with Crippen LogP contribution in [0.3, 0.4) is 0 Å². The molecule has 2 amide bonds. The lowest BCUT2D eigenvalue weighted by Crippen LogP contribution is -2.50. The van der Waals surface area contributed by atoms with Crippen molar-refractivity contribution in [3.63, 3.8) is 0 Å². The minimum Gasteiger partial charge on any atom is -0.497 e. The van der Waals surface area contributed by atoms with Crippen molar-refractivity contribution in [1.29, 1.82) is 0 Å². The van der Waals surface area contributed by atoms with Gasteiger partial charge in [-0.1, -0.05) is 25.7 Å². The topological polar surface area (TPSA) is 95.9 Å². The highest BCUT2D eigenvalue weighted by molar-refractivity contribution is 6.88. The Hall–Kier alpha value is -3.27. The van der Waals surface area contributed by atoms with E-state index in [-0.39, 0.29) is 41.6 Å². The van der Waals surface area contributed by atoms with Crippen molar-refractivity contribution in [2.45, 2.75) is 51.4 Å². The number of nitrogens with zero attached hydrogens (tertiary/aromatic N) is 1. The molecule has 7 nitrogen and oxygen atoms in total. The molecule has 0 aromatic heterocycles. The van der Waals surface area contributed by atoms with Crippen LogP contribution in [0.1, 0.15) is 36.4 Å². The minimum atomic E-state index is -2.29. The Morgan fingerprint density at radius 3 is 2.32 bits per heavy atom. The van der Waals surface area contributed by atoms with Gasteiger partial charge in [0.05, 0.1) is 15.2 Å². The molecule has 2 aliphatic rings. The van der Waals surface area contributed by atoms with Crippen LogP contribution in [0.4, 0.5) is 14.5 Å².